The zero-order chi connectivity index (χ0) is 15.6. The van der Waals surface area contributed by atoms with Gasteiger partial charge in [-0.25, -0.2) is 14.6 Å². The van der Waals surface area contributed by atoms with Gasteiger partial charge in [-0.05, 0) is 19.9 Å². The summed E-state index contributed by atoms with van der Waals surface area (Å²) in [4.78, 5) is 25.7. The minimum absolute atomic E-state index is 0.207. The molecule has 0 aromatic carbocycles. The summed E-state index contributed by atoms with van der Waals surface area (Å²) in [5.41, 5.74) is 0.697. The lowest BCUT2D eigenvalue weighted by molar-refractivity contribution is -0.141. The molecule has 0 aliphatic carbocycles. The molecule has 8 nitrogen and oxygen atoms in total. The number of nitrogens with zero attached hydrogens (tertiary/aromatic N) is 5. The highest BCUT2D eigenvalue weighted by atomic mass is 16.7. The Kier molecular flexibility index (Phi) is 3.58. The second-order valence-electron chi connectivity index (χ2n) is 5.33. The number of carbonyl (C=O) groups is 1. The van der Waals surface area contributed by atoms with E-state index in [1.165, 1.54) is 6.33 Å². The van der Waals surface area contributed by atoms with Gasteiger partial charge in [-0.2, -0.15) is 5.10 Å². The number of rotatable bonds is 4. The standard InChI is InChI=1S/C14H16N6O2/c1-10-6-14(2,22-19-10)13(21)17-7-11-4-3-5-16-12(11)20-9-15-8-18-20/h3-5,8-9H,6-7H2,1-2H3,(H,17,21)/t14-/m0/s1. The number of aromatic nitrogens is 4. The maximum atomic E-state index is 12.3. The summed E-state index contributed by atoms with van der Waals surface area (Å²) in [6, 6.07) is 3.69. The Hall–Kier alpha value is -2.77. The van der Waals surface area contributed by atoms with Gasteiger partial charge >= 0.3 is 0 Å². The monoisotopic (exact) mass is 300 g/mol. The third-order valence-corrected chi connectivity index (χ3v) is 3.42. The van der Waals surface area contributed by atoms with Crippen molar-refractivity contribution in [3.8, 4) is 5.82 Å². The number of amides is 1. The van der Waals surface area contributed by atoms with E-state index in [9.17, 15) is 4.79 Å². The number of pyridine rings is 1. The molecule has 2 aromatic rings. The van der Waals surface area contributed by atoms with Crippen molar-refractivity contribution in [2.75, 3.05) is 0 Å². The van der Waals surface area contributed by atoms with E-state index >= 15 is 0 Å². The highest BCUT2D eigenvalue weighted by Crippen LogP contribution is 2.23. The van der Waals surface area contributed by atoms with Crippen LogP contribution in [-0.2, 0) is 16.2 Å². The lowest BCUT2D eigenvalue weighted by Gasteiger charge is -2.20. The molecule has 8 heteroatoms. The molecule has 1 amide bonds. The zero-order valence-corrected chi connectivity index (χ0v) is 12.4. The number of nitrogens with one attached hydrogen (secondary N) is 1. The first kappa shape index (κ1) is 14.2. The van der Waals surface area contributed by atoms with E-state index in [1.807, 2.05) is 19.1 Å². The molecule has 1 atom stereocenters. The van der Waals surface area contributed by atoms with E-state index < -0.39 is 5.60 Å². The van der Waals surface area contributed by atoms with Crippen molar-refractivity contribution >= 4 is 11.6 Å². The summed E-state index contributed by atoms with van der Waals surface area (Å²) in [5.74, 6) is 0.423. The van der Waals surface area contributed by atoms with Crippen molar-refractivity contribution in [2.45, 2.75) is 32.4 Å². The fourth-order valence-electron chi connectivity index (χ4n) is 2.31. The minimum Gasteiger partial charge on any atom is -0.379 e. The second-order valence-corrected chi connectivity index (χ2v) is 5.33. The van der Waals surface area contributed by atoms with Crippen LogP contribution in [0.2, 0.25) is 0 Å². The molecule has 3 heterocycles. The molecule has 114 valence electrons. The van der Waals surface area contributed by atoms with Gasteiger partial charge in [0, 0.05) is 24.7 Å². The van der Waals surface area contributed by atoms with Gasteiger partial charge in [0.05, 0.1) is 5.71 Å². The van der Waals surface area contributed by atoms with Crippen molar-refractivity contribution in [3.63, 3.8) is 0 Å². The van der Waals surface area contributed by atoms with Crippen LogP contribution < -0.4 is 5.32 Å². The van der Waals surface area contributed by atoms with Crippen molar-refractivity contribution in [2.24, 2.45) is 5.16 Å². The predicted octanol–water partition coefficient (Wildman–Crippen LogP) is 0.833. The number of oxime groups is 1. The zero-order valence-electron chi connectivity index (χ0n) is 12.4. The van der Waals surface area contributed by atoms with Gasteiger partial charge in [0.25, 0.3) is 5.91 Å². The Labute approximate surface area is 127 Å². The maximum absolute atomic E-state index is 12.3. The van der Waals surface area contributed by atoms with Crippen LogP contribution in [0.4, 0.5) is 0 Å². The van der Waals surface area contributed by atoms with Gasteiger partial charge in [-0.1, -0.05) is 11.2 Å². The molecular weight excluding hydrogens is 284 g/mol. The Morgan fingerprint density at radius 1 is 1.55 bits per heavy atom. The molecule has 0 spiro atoms. The minimum atomic E-state index is -0.945. The van der Waals surface area contributed by atoms with Crippen LogP contribution in [0, 0.1) is 0 Å². The lowest BCUT2D eigenvalue weighted by atomic mass is 9.99. The molecule has 0 fully saturated rings. The summed E-state index contributed by atoms with van der Waals surface area (Å²) >= 11 is 0. The number of hydrogen-bond acceptors (Lipinski definition) is 6. The summed E-state index contributed by atoms with van der Waals surface area (Å²) < 4.78 is 1.56. The van der Waals surface area contributed by atoms with Crippen molar-refractivity contribution in [1.29, 1.82) is 0 Å². The molecule has 1 N–H and O–H groups in total. The van der Waals surface area contributed by atoms with E-state index in [2.05, 4.69) is 25.5 Å². The molecule has 0 saturated heterocycles. The number of hydrogen-bond donors (Lipinski definition) is 1. The predicted molar refractivity (Wildman–Crippen MR) is 78.2 cm³/mol. The molecule has 0 unspecified atom stereocenters. The summed E-state index contributed by atoms with van der Waals surface area (Å²) in [7, 11) is 0. The molecule has 3 rings (SSSR count). The third kappa shape index (κ3) is 2.67. The average molecular weight is 300 g/mol. The molecule has 2 aromatic heterocycles. The first-order chi connectivity index (χ1) is 10.6. The quantitative estimate of drug-likeness (QED) is 0.902. The van der Waals surface area contributed by atoms with Crippen molar-refractivity contribution < 1.29 is 9.63 Å². The van der Waals surface area contributed by atoms with Crippen LogP contribution in [0.3, 0.4) is 0 Å². The van der Waals surface area contributed by atoms with E-state index in [1.54, 1.807) is 24.1 Å². The fourth-order valence-corrected chi connectivity index (χ4v) is 2.31. The molecule has 0 bridgehead atoms. The van der Waals surface area contributed by atoms with E-state index in [4.69, 9.17) is 4.84 Å². The Balaban J connectivity index is 1.71. The molecule has 1 aliphatic rings. The van der Waals surface area contributed by atoms with Crippen molar-refractivity contribution in [3.05, 3.63) is 36.5 Å². The summed E-state index contributed by atoms with van der Waals surface area (Å²) in [5, 5.41) is 10.8. The molecular formula is C14H16N6O2. The van der Waals surface area contributed by atoms with Gasteiger partial charge in [0.1, 0.15) is 12.7 Å². The van der Waals surface area contributed by atoms with Crippen LogP contribution in [0.25, 0.3) is 5.82 Å². The van der Waals surface area contributed by atoms with E-state index in [-0.39, 0.29) is 5.91 Å². The van der Waals surface area contributed by atoms with Crippen LogP contribution in [0.1, 0.15) is 25.8 Å². The molecule has 0 saturated carbocycles. The van der Waals surface area contributed by atoms with Gasteiger partial charge in [0.2, 0.25) is 5.60 Å². The smallest absolute Gasteiger partial charge is 0.267 e. The highest BCUT2D eigenvalue weighted by Gasteiger charge is 2.40. The van der Waals surface area contributed by atoms with Gasteiger partial charge in [0.15, 0.2) is 5.82 Å². The number of carbonyl (C=O) groups excluding carboxylic acids is 1. The largest absolute Gasteiger partial charge is 0.379 e. The maximum Gasteiger partial charge on any atom is 0.267 e. The molecule has 22 heavy (non-hydrogen) atoms. The van der Waals surface area contributed by atoms with Gasteiger partial charge in [-0.15, -0.1) is 0 Å². The normalized spacial score (nSPS) is 20.4. The van der Waals surface area contributed by atoms with Crippen LogP contribution in [-0.4, -0.2) is 37.0 Å². The molecule has 0 radical (unpaired) electrons. The third-order valence-electron chi connectivity index (χ3n) is 3.42. The first-order valence-corrected chi connectivity index (χ1v) is 6.87. The fraction of sp³-hybridized carbons (Fsp3) is 0.357. The van der Waals surface area contributed by atoms with E-state index in [0.717, 1.165) is 11.3 Å². The first-order valence-electron chi connectivity index (χ1n) is 6.87. The average Bonchev–Trinajstić information content (AvgIpc) is 3.16. The topological polar surface area (TPSA) is 94.3 Å². The lowest BCUT2D eigenvalue weighted by Crippen LogP contribution is -2.44. The Morgan fingerprint density at radius 3 is 3.09 bits per heavy atom. The Morgan fingerprint density at radius 2 is 2.41 bits per heavy atom. The summed E-state index contributed by atoms with van der Waals surface area (Å²) in [6.07, 6.45) is 5.15. The van der Waals surface area contributed by atoms with E-state index in [0.29, 0.717) is 18.8 Å². The van der Waals surface area contributed by atoms with Crippen LogP contribution in [0.5, 0.6) is 0 Å². The molecule has 1 aliphatic heterocycles. The highest BCUT2D eigenvalue weighted by molar-refractivity contribution is 5.94. The SMILES string of the molecule is CC1=NO[C@](C)(C(=O)NCc2cccnc2-n2cncn2)C1. The van der Waals surface area contributed by atoms with Gasteiger partial charge < -0.3 is 10.2 Å². The Bertz CT molecular complexity index is 712. The second kappa shape index (κ2) is 5.55. The van der Waals surface area contributed by atoms with Gasteiger partial charge in [-0.3, -0.25) is 4.79 Å². The van der Waals surface area contributed by atoms with Crippen molar-refractivity contribution in [1.82, 2.24) is 25.1 Å². The van der Waals surface area contributed by atoms with Crippen LogP contribution in [0.15, 0.2) is 36.1 Å². The van der Waals surface area contributed by atoms with Crippen LogP contribution >= 0.6 is 0 Å². The summed E-state index contributed by atoms with van der Waals surface area (Å²) in [6.45, 7) is 3.88.